The number of aromatic nitrogens is 2. The average molecular weight is 290 g/mol. The van der Waals surface area contributed by atoms with Gasteiger partial charge in [0.25, 0.3) is 5.91 Å². The molecule has 1 aromatic heterocycles. The number of fused-ring (bicyclic) bond motifs is 1. The Hall–Kier alpha value is -1.69. The van der Waals surface area contributed by atoms with Gasteiger partial charge < -0.3 is 11.1 Å². The first kappa shape index (κ1) is 13.3. The van der Waals surface area contributed by atoms with Crippen LogP contribution in [0.1, 0.15) is 23.3 Å². The third-order valence-corrected chi connectivity index (χ3v) is 4.74. The highest BCUT2D eigenvalue weighted by Crippen LogP contribution is 2.22. The quantitative estimate of drug-likeness (QED) is 0.755. The molecule has 4 N–H and O–H groups in total. The summed E-state index contributed by atoms with van der Waals surface area (Å²) in [6.45, 7) is 0.732. The van der Waals surface area contributed by atoms with E-state index < -0.39 is 0 Å². The summed E-state index contributed by atoms with van der Waals surface area (Å²) in [7, 11) is 0. The van der Waals surface area contributed by atoms with Gasteiger partial charge in [-0.2, -0.15) is 16.9 Å². The third kappa shape index (κ3) is 2.75. The number of anilines is 1. The largest absolute Gasteiger partial charge is 0.399 e. The fourth-order valence-corrected chi connectivity index (χ4v) is 3.68. The Bertz CT molecular complexity index is 619. The number of nitrogen functional groups attached to an aromatic ring is 1. The molecule has 1 fully saturated rings. The van der Waals surface area contributed by atoms with Crippen LogP contribution in [0.3, 0.4) is 0 Å². The lowest BCUT2D eigenvalue weighted by molar-refractivity contribution is 0.0943. The molecule has 5 nitrogen and oxygen atoms in total. The molecule has 2 aromatic rings. The van der Waals surface area contributed by atoms with Crippen molar-refractivity contribution in [2.24, 2.45) is 5.92 Å². The van der Waals surface area contributed by atoms with Crippen LogP contribution >= 0.6 is 11.8 Å². The molecule has 0 saturated carbocycles. The number of hydrogen-bond acceptors (Lipinski definition) is 4. The fraction of sp³-hybridized carbons (Fsp3) is 0.429. The molecule has 2 heterocycles. The summed E-state index contributed by atoms with van der Waals surface area (Å²) in [4.78, 5) is 12.2. The lowest BCUT2D eigenvalue weighted by Crippen LogP contribution is -2.31. The fourth-order valence-electron chi connectivity index (χ4n) is 2.48. The van der Waals surface area contributed by atoms with Gasteiger partial charge in [-0.05, 0) is 48.5 Å². The van der Waals surface area contributed by atoms with E-state index in [0.717, 1.165) is 17.4 Å². The Morgan fingerprint density at radius 2 is 2.25 bits per heavy atom. The highest BCUT2D eigenvalue weighted by Gasteiger charge is 2.18. The van der Waals surface area contributed by atoms with E-state index in [9.17, 15) is 4.79 Å². The molecule has 106 valence electrons. The van der Waals surface area contributed by atoms with E-state index in [-0.39, 0.29) is 5.91 Å². The number of carbonyl (C=O) groups is 1. The Labute approximate surface area is 121 Å². The Balaban J connectivity index is 1.70. The Kier molecular flexibility index (Phi) is 3.82. The number of amides is 1. The van der Waals surface area contributed by atoms with Crippen LogP contribution in [-0.2, 0) is 0 Å². The van der Waals surface area contributed by atoms with Crippen molar-refractivity contribution < 1.29 is 4.79 Å². The summed E-state index contributed by atoms with van der Waals surface area (Å²) in [5.41, 5.74) is 7.66. The second-order valence-corrected chi connectivity index (χ2v) is 6.37. The monoisotopic (exact) mass is 290 g/mol. The van der Waals surface area contributed by atoms with Gasteiger partial charge in [-0.1, -0.05) is 0 Å². The van der Waals surface area contributed by atoms with E-state index in [4.69, 9.17) is 5.73 Å². The maximum Gasteiger partial charge on any atom is 0.272 e. The minimum absolute atomic E-state index is 0.125. The summed E-state index contributed by atoms with van der Waals surface area (Å²) in [6.07, 6.45) is 2.36. The predicted octanol–water partition coefficient (Wildman–Crippen LogP) is 2.02. The molecule has 3 rings (SSSR count). The molecule has 0 bridgehead atoms. The summed E-state index contributed by atoms with van der Waals surface area (Å²) in [5.74, 6) is 2.86. The number of benzene rings is 1. The van der Waals surface area contributed by atoms with E-state index in [1.165, 1.54) is 24.3 Å². The SMILES string of the molecule is Nc1ccc2[nH]nc(C(=O)NCC3CCSCC3)c2c1. The van der Waals surface area contributed by atoms with Crippen LogP contribution in [0, 0.1) is 5.92 Å². The zero-order valence-electron chi connectivity index (χ0n) is 11.2. The van der Waals surface area contributed by atoms with Crippen molar-refractivity contribution >= 4 is 34.3 Å². The van der Waals surface area contributed by atoms with Crippen molar-refractivity contribution in [3.63, 3.8) is 0 Å². The predicted molar refractivity (Wildman–Crippen MR) is 82.9 cm³/mol. The molecular weight excluding hydrogens is 272 g/mol. The Morgan fingerprint density at radius 3 is 3.05 bits per heavy atom. The molecule has 1 aliphatic heterocycles. The van der Waals surface area contributed by atoms with Gasteiger partial charge in [0.05, 0.1) is 5.52 Å². The molecular formula is C14H18N4OS. The average Bonchev–Trinajstić information content (AvgIpc) is 2.89. The zero-order chi connectivity index (χ0) is 13.9. The number of thioether (sulfide) groups is 1. The molecule has 6 heteroatoms. The first-order chi connectivity index (χ1) is 9.74. The summed E-state index contributed by atoms with van der Waals surface area (Å²) >= 11 is 1.99. The number of hydrogen-bond donors (Lipinski definition) is 3. The molecule has 0 aliphatic carbocycles. The number of aromatic amines is 1. The van der Waals surface area contributed by atoms with Gasteiger partial charge in [-0.3, -0.25) is 9.89 Å². The summed E-state index contributed by atoms with van der Waals surface area (Å²) < 4.78 is 0. The number of nitrogens with two attached hydrogens (primary N) is 1. The van der Waals surface area contributed by atoms with E-state index in [1.807, 2.05) is 17.8 Å². The second kappa shape index (κ2) is 5.75. The van der Waals surface area contributed by atoms with Crippen molar-refractivity contribution in [2.75, 3.05) is 23.8 Å². The van der Waals surface area contributed by atoms with E-state index in [2.05, 4.69) is 15.5 Å². The van der Waals surface area contributed by atoms with Crippen LogP contribution in [0.25, 0.3) is 10.9 Å². The first-order valence-corrected chi connectivity index (χ1v) is 7.99. The molecule has 1 aliphatic rings. The lowest BCUT2D eigenvalue weighted by atomic mass is 10.0. The van der Waals surface area contributed by atoms with Crippen LogP contribution in [0.15, 0.2) is 18.2 Å². The number of nitrogens with one attached hydrogen (secondary N) is 2. The van der Waals surface area contributed by atoms with Gasteiger partial charge >= 0.3 is 0 Å². The molecule has 0 unspecified atom stereocenters. The van der Waals surface area contributed by atoms with Crippen LogP contribution in [-0.4, -0.2) is 34.2 Å². The molecule has 1 aromatic carbocycles. The molecule has 1 saturated heterocycles. The Morgan fingerprint density at radius 1 is 1.45 bits per heavy atom. The van der Waals surface area contributed by atoms with E-state index in [0.29, 0.717) is 17.3 Å². The lowest BCUT2D eigenvalue weighted by Gasteiger charge is -2.21. The minimum Gasteiger partial charge on any atom is -0.399 e. The van der Waals surface area contributed by atoms with Crippen LogP contribution in [0.2, 0.25) is 0 Å². The minimum atomic E-state index is -0.125. The highest BCUT2D eigenvalue weighted by atomic mass is 32.2. The van der Waals surface area contributed by atoms with Gasteiger partial charge in [0.1, 0.15) is 0 Å². The highest BCUT2D eigenvalue weighted by molar-refractivity contribution is 7.99. The maximum absolute atomic E-state index is 12.2. The van der Waals surface area contributed by atoms with Crippen molar-refractivity contribution in [1.82, 2.24) is 15.5 Å². The number of H-pyrrole nitrogens is 1. The topological polar surface area (TPSA) is 83.8 Å². The van der Waals surface area contributed by atoms with Crippen LogP contribution in [0.5, 0.6) is 0 Å². The van der Waals surface area contributed by atoms with Crippen LogP contribution in [0.4, 0.5) is 5.69 Å². The van der Waals surface area contributed by atoms with Gasteiger partial charge in [0, 0.05) is 17.6 Å². The standard InChI is InChI=1S/C14H18N4OS/c15-10-1-2-12-11(7-10)13(18-17-12)14(19)16-8-9-3-5-20-6-4-9/h1-2,7,9H,3-6,8,15H2,(H,16,19)(H,17,18). The van der Waals surface area contributed by atoms with E-state index >= 15 is 0 Å². The first-order valence-electron chi connectivity index (χ1n) is 6.83. The number of nitrogens with zero attached hydrogens (tertiary/aromatic N) is 1. The zero-order valence-corrected chi connectivity index (χ0v) is 12.0. The van der Waals surface area contributed by atoms with Gasteiger partial charge in [0.2, 0.25) is 0 Å². The number of rotatable bonds is 3. The molecule has 0 atom stereocenters. The molecule has 20 heavy (non-hydrogen) atoms. The van der Waals surface area contributed by atoms with Crippen LogP contribution < -0.4 is 11.1 Å². The number of carbonyl (C=O) groups excluding carboxylic acids is 1. The van der Waals surface area contributed by atoms with Gasteiger partial charge in [0.15, 0.2) is 5.69 Å². The molecule has 0 spiro atoms. The maximum atomic E-state index is 12.2. The van der Waals surface area contributed by atoms with Crippen molar-refractivity contribution in [3.05, 3.63) is 23.9 Å². The summed E-state index contributed by atoms with van der Waals surface area (Å²) in [6, 6.07) is 5.42. The van der Waals surface area contributed by atoms with Crippen molar-refractivity contribution in [3.8, 4) is 0 Å². The smallest absolute Gasteiger partial charge is 0.272 e. The van der Waals surface area contributed by atoms with Crippen molar-refractivity contribution in [2.45, 2.75) is 12.8 Å². The molecule has 0 radical (unpaired) electrons. The van der Waals surface area contributed by atoms with Gasteiger partial charge in [-0.25, -0.2) is 0 Å². The summed E-state index contributed by atoms with van der Waals surface area (Å²) in [5, 5.41) is 10.7. The van der Waals surface area contributed by atoms with Crippen molar-refractivity contribution in [1.29, 1.82) is 0 Å². The normalized spacial score (nSPS) is 16.4. The van der Waals surface area contributed by atoms with Gasteiger partial charge in [-0.15, -0.1) is 0 Å². The van der Waals surface area contributed by atoms with E-state index in [1.54, 1.807) is 12.1 Å². The third-order valence-electron chi connectivity index (χ3n) is 3.69. The molecule has 1 amide bonds. The second-order valence-electron chi connectivity index (χ2n) is 5.14.